The van der Waals surface area contributed by atoms with Gasteiger partial charge in [-0.2, -0.15) is 0 Å². The lowest BCUT2D eigenvalue weighted by Crippen LogP contribution is -2.26. The molecule has 6 heteroatoms. The number of thioether (sulfide) groups is 1. The minimum Gasteiger partial charge on any atom is -0.385 e. The Morgan fingerprint density at radius 3 is 2.95 bits per heavy atom. The van der Waals surface area contributed by atoms with Crippen LogP contribution in [0, 0.1) is 6.92 Å². The van der Waals surface area contributed by atoms with Crippen molar-refractivity contribution in [2.45, 2.75) is 18.4 Å². The smallest absolute Gasteiger partial charge is 0.230 e. The monoisotopic (exact) mass is 305 g/mol. The van der Waals surface area contributed by atoms with Crippen molar-refractivity contribution in [1.82, 2.24) is 15.3 Å². The number of fused-ring (bicyclic) bond motifs is 1. The molecule has 0 bridgehead atoms. The van der Waals surface area contributed by atoms with Gasteiger partial charge in [0.25, 0.3) is 0 Å². The average Bonchev–Trinajstić information content (AvgIpc) is 2.49. The molecular formula is C15H19N3O2S. The van der Waals surface area contributed by atoms with Crippen LogP contribution < -0.4 is 5.32 Å². The SMILES string of the molecule is COCCCNC(=O)CSc1nc(C)nc2ccccc12. The molecule has 2 rings (SSSR count). The highest BCUT2D eigenvalue weighted by Gasteiger charge is 2.08. The van der Waals surface area contributed by atoms with E-state index in [0.717, 1.165) is 28.2 Å². The van der Waals surface area contributed by atoms with Gasteiger partial charge in [-0.3, -0.25) is 4.79 Å². The lowest BCUT2D eigenvalue weighted by Gasteiger charge is -2.07. The third kappa shape index (κ3) is 4.68. The van der Waals surface area contributed by atoms with Crippen molar-refractivity contribution in [3.63, 3.8) is 0 Å². The second-order valence-corrected chi connectivity index (χ2v) is 5.54. The van der Waals surface area contributed by atoms with Crippen molar-refractivity contribution >= 4 is 28.6 Å². The Morgan fingerprint density at radius 1 is 1.33 bits per heavy atom. The summed E-state index contributed by atoms with van der Waals surface area (Å²) in [6, 6.07) is 7.84. The number of methoxy groups -OCH3 is 1. The lowest BCUT2D eigenvalue weighted by atomic mass is 10.2. The van der Waals surface area contributed by atoms with E-state index in [2.05, 4.69) is 15.3 Å². The van der Waals surface area contributed by atoms with Crippen molar-refractivity contribution in [3.8, 4) is 0 Å². The van der Waals surface area contributed by atoms with Crippen molar-refractivity contribution in [2.75, 3.05) is 26.0 Å². The molecule has 5 nitrogen and oxygen atoms in total. The molecule has 2 aromatic rings. The van der Waals surface area contributed by atoms with Crippen molar-refractivity contribution in [3.05, 3.63) is 30.1 Å². The first kappa shape index (κ1) is 15.7. The molecule has 0 radical (unpaired) electrons. The zero-order valence-corrected chi connectivity index (χ0v) is 13.1. The van der Waals surface area contributed by atoms with Gasteiger partial charge in [0.05, 0.1) is 11.3 Å². The number of carbonyl (C=O) groups is 1. The fourth-order valence-electron chi connectivity index (χ4n) is 1.90. The number of nitrogens with zero attached hydrogens (tertiary/aromatic N) is 2. The molecule has 0 atom stereocenters. The van der Waals surface area contributed by atoms with Gasteiger partial charge in [-0.05, 0) is 19.4 Å². The normalized spacial score (nSPS) is 10.8. The average molecular weight is 305 g/mol. The maximum atomic E-state index is 11.8. The van der Waals surface area contributed by atoms with E-state index in [9.17, 15) is 4.79 Å². The highest BCUT2D eigenvalue weighted by Crippen LogP contribution is 2.24. The molecule has 0 saturated carbocycles. The molecule has 0 spiro atoms. The number of hydrogen-bond donors (Lipinski definition) is 1. The minimum absolute atomic E-state index is 0.0106. The number of nitrogens with one attached hydrogen (secondary N) is 1. The summed E-state index contributed by atoms with van der Waals surface area (Å²) in [5, 5.41) is 4.71. The molecule has 0 saturated heterocycles. The lowest BCUT2D eigenvalue weighted by molar-refractivity contribution is -0.118. The summed E-state index contributed by atoms with van der Waals surface area (Å²) in [5.41, 5.74) is 0.910. The Hall–Kier alpha value is -1.66. The molecule has 1 N–H and O–H groups in total. The summed E-state index contributed by atoms with van der Waals surface area (Å²) in [5.74, 6) is 1.08. The first-order valence-corrected chi connectivity index (χ1v) is 7.81. The summed E-state index contributed by atoms with van der Waals surface area (Å²) in [6.45, 7) is 3.15. The Kier molecular flexibility index (Phi) is 5.95. The summed E-state index contributed by atoms with van der Waals surface area (Å²) in [7, 11) is 1.65. The van der Waals surface area contributed by atoms with Gasteiger partial charge in [0, 0.05) is 25.6 Å². The van der Waals surface area contributed by atoms with Gasteiger partial charge >= 0.3 is 0 Å². The van der Waals surface area contributed by atoms with Crippen LogP contribution in [0.2, 0.25) is 0 Å². The highest BCUT2D eigenvalue weighted by molar-refractivity contribution is 8.00. The molecule has 1 heterocycles. The highest BCUT2D eigenvalue weighted by atomic mass is 32.2. The van der Waals surface area contributed by atoms with Crippen LogP contribution >= 0.6 is 11.8 Å². The van der Waals surface area contributed by atoms with Gasteiger partial charge < -0.3 is 10.1 Å². The van der Waals surface area contributed by atoms with Crippen LogP contribution in [0.15, 0.2) is 29.3 Å². The standard InChI is InChI=1S/C15H19N3O2S/c1-11-17-13-7-4-3-6-12(13)15(18-11)21-10-14(19)16-8-5-9-20-2/h3-4,6-7H,5,8-10H2,1-2H3,(H,16,19). The number of para-hydroxylation sites is 1. The number of benzene rings is 1. The van der Waals surface area contributed by atoms with Crippen LogP contribution in [0.3, 0.4) is 0 Å². The molecular weight excluding hydrogens is 286 g/mol. The molecule has 1 amide bonds. The fourth-order valence-corrected chi connectivity index (χ4v) is 2.79. The zero-order chi connectivity index (χ0) is 15.1. The van der Waals surface area contributed by atoms with Gasteiger partial charge in [-0.25, -0.2) is 9.97 Å². The summed E-state index contributed by atoms with van der Waals surface area (Å²) in [4.78, 5) is 20.6. The fraction of sp³-hybridized carbons (Fsp3) is 0.400. The van der Waals surface area contributed by atoms with Gasteiger partial charge in [0.1, 0.15) is 10.9 Å². The number of aromatic nitrogens is 2. The topological polar surface area (TPSA) is 64.1 Å². The van der Waals surface area contributed by atoms with Crippen LogP contribution in [0.1, 0.15) is 12.2 Å². The van der Waals surface area contributed by atoms with Crippen molar-refractivity contribution < 1.29 is 9.53 Å². The third-order valence-corrected chi connectivity index (χ3v) is 3.86. The quantitative estimate of drug-likeness (QED) is 0.482. The number of amides is 1. The van der Waals surface area contributed by atoms with Crippen LogP contribution in [-0.4, -0.2) is 41.9 Å². The van der Waals surface area contributed by atoms with Gasteiger partial charge in [0.2, 0.25) is 5.91 Å². The van der Waals surface area contributed by atoms with Crippen LogP contribution in [0.5, 0.6) is 0 Å². The third-order valence-electron chi connectivity index (χ3n) is 2.87. The van der Waals surface area contributed by atoms with E-state index in [4.69, 9.17) is 4.74 Å². The molecule has 1 aromatic carbocycles. The van der Waals surface area contributed by atoms with Crippen LogP contribution in [-0.2, 0) is 9.53 Å². The predicted octanol–water partition coefficient (Wildman–Crippen LogP) is 2.18. The van der Waals surface area contributed by atoms with E-state index in [0.29, 0.717) is 18.9 Å². The Morgan fingerprint density at radius 2 is 2.14 bits per heavy atom. The molecule has 0 unspecified atom stereocenters. The second-order valence-electron chi connectivity index (χ2n) is 4.58. The molecule has 21 heavy (non-hydrogen) atoms. The summed E-state index contributed by atoms with van der Waals surface area (Å²) < 4.78 is 4.94. The summed E-state index contributed by atoms with van der Waals surface area (Å²) in [6.07, 6.45) is 0.822. The predicted molar refractivity (Wildman–Crippen MR) is 84.5 cm³/mol. The Labute approximate surface area is 128 Å². The van der Waals surface area contributed by atoms with Crippen molar-refractivity contribution in [2.24, 2.45) is 0 Å². The van der Waals surface area contributed by atoms with E-state index in [1.54, 1.807) is 7.11 Å². The van der Waals surface area contributed by atoms with E-state index < -0.39 is 0 Å². The largest absolute Gasteiger partial charge is 0.385 e. The maximum absolute atomic E-state index is 11.8. The van der Waals surface area contributed by atoms with Gasteiger partial charge in [0.15, 0.2) is 0 Å². The van der Waals surface area contributed by atoms with Gasteiger partial charge in [-0.1, -0.05) is 30.0 Å². The Bertz CT molecular complexity index is 619. The summed E-state index contributed by atoms with van der Waals surface area (Å²) >= 11 is 1.44. The van der Waals surface area contributed by atoms with Gasteiger partial charge in [-0.15, -0.1) is 0 Å². The molecule has 0 aliphatic heterocycles. The number of hydrogen-bond acceptors (Lipinski definition) is 5. The van der Waals surface area contributed by atoms with Crippen LogP contribution in [0.25, 0.3) is 10.9 Å². The van der Waals surface area contributed by atoms with E-state index in [1.165, 1.54) is 11.8 Å². The molecule has 112 valence electrons. The van der Waals surface area contributed by atoms with Crippen LogP contribution in [0.4, 0.5) is 0 Å². The second kappa shape index (κ2) is 7.95. The molecule has 0 aliphatic carbocycles. The van der Waals surface area contributed by atoms with E-state index >= 15 is 0 Å². The van der Waals surface area contributed by atoms with E-state index in [1.807, 2.05) is 31.2 Å². The Balaban J connectivity index is 1.95. The maximum Gasteiger partial charge on any atom is 0.230 e. The zero-order valence-electron chi connectivity index (χ0n) is 12.3. The number of ether oxygens (including phenoxy) is 1. The number of rotatable bonds is 7. The number of aryl methyl sites for hydroxylation is 1. The number of carbonyl (C=O) groups excluding carboxylic acids is 1. The first-order chi connectivity index (χ1) is 10.2. The van der Waals surface area contributed by atoms with Crippen molar-refractivity contribution in [1.29, 1.82) is 0 Å². The molecule has 0 aliphatic rings. The van der Waals surface area contributed by atoms with E-state index in [-0.39, 0.29) is 5.91 Å². The first-order valence-electron chi connectivity index (χ1n) is 6.82. The minimum atomic E-state index is 0.0106. The molecule has 0 fully saturated rings. The molecule has 1 aromatic heterocycles.